The molecule has 2 unspecified atom stereocenters. The smallest absolute Gasteiger partial charge is 0.351 e. The van der Waals surface area contributed by atoms with Crippen LogP contribution in [0.5, 0.6) is 0 Å². The predicted octanol–water partition coefficient (Wildman–Crippen LogP) is 3.07. The van der Waals surface area contributed by atoms with E-state index >= 15 is 0 Å². The van der Waals surface area contributed by atoms with Gasteiger partial charge in [-0.15, -0.1) is 0 Å². The van der Waals surface area contributed by atoms with E-state index in [1.807, 2.05) is 11.8 Å². The Bertz CT molecular complexity index is 448. The van der Waals surface area contributed by atoms with Crippen molar-refractivity contribution in [1.29, 1.82) is 0 Å². The molecular weight excluding hydrogens is 267 g/mol. The highest BCUT2D eigenvalue weighted by atomic mass is 19.4. The number of anilines is 1. The maximum Gasteiger partial charge on any atom is 0.433 e. The lowest BCUT2D eigenvalue weighted by Gasteiger charge is -2.41. The standard InChI is InChI=1S/C14H20F3N3/c1-3-10-9-20(11(4-2)8-18-10)13-7-5-6-12(19-13)14(15,16)17/h5-7,10-11,18H,3-4,8-9H2,1-2H3. The van der Waals surface area contributed by atoms with E-state index in [1.165, 1.54) is 6.07 Å². The molecule has 20 heavy (non-hydrogen) atoms. The van der Waals surface area contributed by atoms with Gasteiger partial charge < -0.3 is 10.2 Å². The molecule has 2 heterocycles. The Hall–Kier alpha value is -1.30. The molecule has 0 aliphatic carbocycles. The van der Waals surface area contributed by atoms with Gasteiger partial charge in [0.2, 0.25) is 0 Å². The second kappa shape index (κ2) is 5.99. The number of hydrogen-bond donors (Lipinski definition) is 1. The lowest BCUT2D eigenvalue weighted by atomic mass is 10.1. The number of nitrogens with zero attached hydrogens (tertiary/aromatic N) is 2. The lowest BCUT2D eigenvalue weighted by Crippen LogP contribution is -2.56. The third-order valence-electron chi connectivity index (χ3n) is 3.78. The summed E-state index contributed by atoms with van der Waals surface area (Å²) in [6.45, 7) is 5.59. The Balaban J connectivity index is 2.27. The fourth-order valence-electron chi connectivity index (χ4n) is 2.52. The van der Waals surface area contributed by atoms with E-state index in [1.54, 1.807) is 6.07 Å². The largest absolute Gasteiger partial charge is 0.433 e. The average Bonchev–Trinajstić information content (AvgIpc) is 2.45. The topological polar surface area (TPSA) is 28.2 Å². The van der Waals surface area contributed by atoms with Gasteiger partial charge in [-0.05, 0) is 25.0 Å². The first-order chi connectivity index (χ1) is 9.45. The van der Waals surface area contributed by atoms with Gasteiger partial charge >= 0.3 is 6.18 Å². The second-order valence-corrected chi connectivity index (χ2v) is 5.11. The summed E-state index contributed by atoms with van der Waals surface area (Å²) in [5.41, 5.74) is -0.823. The van der Waals surface area contributed by atoms with Crippen LogP contribution < -0.4 is 10.2 Å². The summed E-state index contributed by atoms with van der Waals surface area (Å²) in [6.07, 6.45) is -2.57. The van der Waals surface area contributed by atoms with Crippen LogP contribution in [0.3, 0.4) is 0 Å². The first kappa shape index (κ1) is 15.1. The molecule has 0 bridgehead atoms. The summed E-state index contributed by atoms with van der Waals surface area (Å²) in [5.74, 6) is 0.423. The fourth-order valence-corrected chi connectivity index (χ4v) is 2.52. The highest BCUT2D eigenvalue weighted by Crippen LogP contribution is 2.30. The zero-order chi connectivity index (χ0) is 14.8. The van der Waals surface area contributed by atoms with Crippen LogP contribution >= 0.6 is 0 Å². The first-order valence-electron chi connectivity index (χ1n) is 7.00. The molecule has 1 aromatic rings. The minimum atomic E-state index is -4.39. The van der Waals surface area contributed by atoms with Crippen molar-refractivity contribution in [2.45, 2.75) is 44.9 Å². The molecule has 112 valence electrons. The van der Waals surface area contributed by atoms with E-state index in [0.717, 1.165) is 25.5 Å². The van der Waals surface area contributed by atoms with Crippen molar-refractivity contribution in [2.24, 2.45) is 0 Å². The Morgan fingerprint density at radius 1 is 1.30 bits per heavy atom. The summed E-state index contributed by atoms with van der Waals surface area (Å²) in [6, 6.07) is 4.60. The summed E-state index contributed by atoms with van der Waals surface area (Å²) in [4.78, 5) is 5.81. The molecule has 1 N–H and O–H groups in total. The van der Waals surface area contributed by atoms with Crippen molar-refractivity contribution < 1.29 is 13.2 Å². The number of alkyl halides is 3. The molecule has 1 saturated heterocycles. The quantitative estimate of drug-likeness (QED) is 0.926. The summed E-state index contributed by atoms with van der Waals surface area (Å²) < 4.78 is 38.3. The maximum absolute atomic E-state index is 12.8. The Morgan fingerprint density at radius 2 is 2.05 bits per heavy atom. The SMILES string of the molecule is CCC1CN(c2cccc(C(F)(F)F)n2)C(CC)CN1. The zero-order valence-electron chi connectivity index (χ0n) is 11.7. The lowest BCUT2D eigenvalue weighted by molar-refractivity contribution is -0.141. The van der Waals surface area contributed by atoms with E-state index in [2.05, 4.69) is 17.2 Å². The number of pyridine rings is 1. The van der Waals surface area contributed by atoms with Crippen LogP contribution in [0.2, 0.25) is 0 Å². The van der Waals surface area contributed by atoms with Gasteiger partial charge in [-0.3, -0.25) is 0 Å². The first-order valence-corrected chi connectivity index (χ1v) is 7.00. The number of aromatic nitrogens is 1. The third kappa shape index (κ3) is 3.23. The molecule has 1 aromatic heterocycles. The number of halogens is 3. The molecule has 2 rings (SSSR count). The molecule has 1 fully saturated rings. The van der Waals surface area contributed by atoms with Gasteiger partial charge in [-0.1, -0.05) is 19.9 Å². The summed E-state index contributed by atoms with van der Waals surface area (Å²) in [7, 11) is 0. The van der Waals surface area contributed by atoms with Crippen LogP contribution in [0.1, 0.15) is 32.4 Å². The molecule has 2 atom stereocenters. The van der Waals surface area contributed by atoms with Crippen LogP contribution in [0, 0.1) is 0 Å². The zero-order valence-corrected chi connectivity index (χ0v) is 11.7. The Labute approximate surface area is 117 Å². The molecule has 0 spiro atoms. The molecule has 0 amide bonds. The van der Waals surface area contributed by atoms with E-state index in [-0.39, 0.29) is 6.04 Å². The Morgan fingerprint density at radius 3 is 2.65 bits per heavy atom. The highest BCUT2D eigenvalue weighted by Gasteiger charge is 2.34. The normalized spacial score (nSPS) is 23.9. The highest BCUT2D eigenvalue weighted by molar-refractivity contribution is 5.42. The number of nitrogens with one attached hydrogen (secondary N) is 1. The van der Waals surface area contributed by atoms with Crippen molar-refractivity contribution in [2.75, 3.05) is 18.0 Å². The summed E-state index contributed by atoms with van der Waals surface area (Å²) >= 11 is 0. The van der Waals surface area contributed by atoms with Crippen LogP contribution in [-0.4, -0.2) is 30.2 Å². The minimum Gasteiger partial charge on any atom is -0.351 e. The molecular formula is C14H20F3N3. The molecule has 3 nitrogen and oxygen atoms in total. The van der Waals surface area contributed by atoms with Crippen LogP contribution in [0.25, 0.3) is 0 Å². The molecule has 1 aliphatic rings. The van der Waals surface area contributed by atoms with Crippen LogP contribution in [-0.2, 0) is 6.18 Å². The molecule has 0 radical (unpaired) electrons. The van der Waals surface area contributed by atoms with Gasteiger partial charge in [0.1, 0.15) is 11.5 Å². The van der Waals surface area contributed by atoms with Gasteiger partial charge in [-0.2, -0.15) is 13.2 Å². The maximum atomic E-state index is 12.8. The molecule has 0 saturated carbocycles. The van der Waals surface area contributed by atoms with Crippen LogP contribution in [0.4, 0.5) is 19.0 Å². The number of rotatable bonds is 3. The fraction of sp³-hybridized carbons (Fsp3) is 0.643. The van der Waals surface area contributed by atoms with Crippen molar-refractivity contribution in [3.8, 4) is 0 Å². The minimum absolute atomic E-state index is 0.189. The van der Waals surface area contributed by atoms with Gasteiger partial charge in [-0.25, -0.2) is 4.98 Å². The van der Waals surface area contributed by atoms with E-state index < -0.39 is 11.9 Å². The molecule has 0 aromatic carbocycles. The number of hydrogen-bond acceptors (Lipinski definition) is 3. The van der Waals surface area contributed by atoms with Crippen molar-refractivity contribution >= 4 is 5.82 Å². The van der Waals surface area contributed by atoms with Gasteiger partial charge in [0, 0.05) is 25.2 Å². The van der Waals surface area contributed by atoms with Crippen LogP contribution in [0.15, 0.2) is 18.2 Å². The molecule has 6 heteroatoms. The number of piperazine rings is 1. The monoisotopic (exact) mass is 287 g/mol. The van der Waals surface area contributed by atoms with Crippen molar-refractivity contribution in [3.05, 3.63) is 23.9 Å². The van der Waals surface area contributed by atoms with Crippen molar-refractivity contribution in [3.63, 3.8) is 0 Å². The Kier molecular flexibility index (Phi) is 4.52. The van der Waals surface area contributed by atoms with E-state index in [9.17, 15) is 13.2 Å². The molecule has 1 aliphatic heterocycles. The van der Waals surface area contributed by atoms with Gasteiger partial charge in [0.15, 0.2) is 0 Å². The van der Waals surface area contributed by atoms with E-state index in [4.69, 9.17) is 0 Å². The predicted molar refractivity (Wildman–Crippen MR) is 72.7 cm³/mol. The van der Waals surface area contributed by atoms with Gasteiger partial charge in [0.25, 0.3) is 0 Å². The summed E-state index contributed by atoms with van der Waals surface area (Å²) in [5, 5.41) is 3.42. The second-order valence-electron chi connectivity index (χ2n) is 5.11. The third-order valence-corrected chi connectivity index (χ3v) is 3.78. The average molecular weight is 287 g/mol. The van der Waals surface area contributed by atoms with E-state index in [0.29, 0.717) is 18.4 Å². The van der Waals surface area contributed by atoms with Crippen molar-refractivity contribution in [1.82, 2.24) is 10.3 Å². The van der Waals surface area contributed by atoms with Gasteiger partial charge in [0.05, 0.1) is 0 Å².